The molecule has 0 radical (unpaired) electrons. The molecule has 1 saturated carbocycles. The van der Waals surface area contributed by atoms with Crippen LogP contribution in [0.5, 0.6) is 5.75 Å². The van der Waals surface area contributed by atoms with E-state index in [2.05, 4.69) is 5.32 Å². The molecule has 5 nitrogen and oxygen atoms in total. The highest BCUT2D eigenvalue weighted by Gasteiger charge is 2.36. The first kappa shape index (κ1) is 14.9. The van der Waals surface area contributed by atoms with Gasteiger partial charge in [-0.05, 0) is 25.8 Å². The van der Waals surface area contributed by atoms with Gasteiger partial charge in [-0.3, -0.25) is 4.79 Å². The summed E-state index contributed by atoms with van der Waals surface area (Å²) in [5.74, 6) is 0.628. The summed E-state index contributed by atoms with van der Waals surface area (Å²) in [5, 5.41) is 13.5. The van der Waals surface area contributed by atoms with Crippen molar-refractivity contribution in [2.24, 2.45) is 0 Å². The molecule has 22 heavy (non-hydrogen) atoms. The molecule has 118 valence electrons. The summed E-state index contributed by atoms with van der Waals surface area (Å²) in [5.41, 5.74) is 0.863. The van der Waals surface area contributed by atoms with Gasteiger partial charge in [0.2, 0.25) is 0 Å². The number of hydrogen-bond acceptors (Lipinski definition) is 4. The van der Waals surface area contributed by atoms with E-state index in [4.69, 9.17) is 9.15 Å². The van der Waals surface area contributed by atoms with Crippen LogP contribution < -0.4 is 10.1 Å². The molecule has 5 heteroatoms. The van der Waals surface area contributed by atoms with Crippen molar-refractivity contribution in [2.75, 3.05) is 13.7 Å². The molecule has 0 spiro atoms. The fourth-order valence-corrected chi connectivity index (χ4v) is 3.27. The van der Waals surface area contributed by atoms with Crippen LogP contribution in [-0.4, -0.2) is 30.3 Å². The quantitative estimate of drug-likeness (QED) is 0.911. The molecule has 0 saturated heterocycles. The van der Waals surface area contributed by atoms with Crippen molar-refractivity contribution in [3.8, 4) is 5.75 Å². The van der Waals surface area contributed by atoms with E-state index < -0.39 is 5.54 Å². The summed E-state index contributed by atoms with van der Waals surface area (Å²) in [6.07, 6.45) is 3.65. The summed E-state index contributed by atoms with van der Waals surface area (Å²) >= 11 is 0. The second-order valence-electron chi connectivity index (χ2n) is 5.99. The SMILES string of the molecule is COc1cccc2c(C)c(C(=O)NC3(CO)CCCC3)oc12. The lowest BCUT2D eigenvalue weighted by atomic mass is 9.98. The number of rotatable bonds is 4. The Kier molecular flexibility index (Phi) is 3.83. The number of furan rings is 1. The molecule has 2 N–H and O–H groups in total. The van der Waals surface area contributed by atoms with Gasteiger partial charge in [0.25, 0.3) is 5.91 Å². The van der Waals surface area contributed by atoms with Gasteiger partial charge in [-0.1, -0.05) is 25.0 Å². The number of benzene rings is 1. The number of aryl methyl sites for hydroxylation is 1. The first-order valence-electron chi connectivity index (χ1n) is 7.60. The molecule has 0 atom stereocenters. The summed E-state index contributed by atoms with van der Waals surface area (Å²) in [4.78, 5) is 12.6. The minimum atomic E-state index is -0.507. The molecule has 1 aromatic heterocycles. The van der Waals surface area contributed by atoms with Crippen molar-refractivity contribution in [2.45, 2.75) is 38.1 Å². The molecule has 1 heterocycles. The Bertz CT molecular complexity index is 698. The van der Waals surface area contributed by atoms with Gasteiger partial charge in [0, 0.05) is 10.9 Å². The molecule has 0 unspecified atom stereocenters. The van der Waals surface area contributed by atoms with Crippen LogP contribution in [0, 0.1) is 6.92 Å². The normalized spacial score (nSPS) is 16.9. The van der Waals surface area contributed by atoms with Crippen LogP contribution in [0.25, 0.3) is 11.0 Å². The number of hydrogen-bond donors (Lipinski definition) is 2. The number of aliphatic hydroxyl groups excluding tert-OH is 1. The number of para-hydroxylation sites is 1. The average molecular weight is 303 g/mol. The van der Waals surface area contributed by atoms with Gasteiger partial charge in [0.1, 0.15) is 0 Å². The Morgan fingerprint density at radius 2 is 2.14 bits per heavy atom. The zero-order valence-electron chi connectivity index (χ0n) is 12.9. The topological polar surface area (TPSA) is 71.7 Å². The predicted octanol–water partition coefficient (Wildman–Crippen LogP) is 2.78. The smallest absolute Gasteiger partial charge is 0.287 e. The van der Waals surface area contributed by atoms with E-state index in [1.807, 2.05) is 19.1 Å². The molecule has 1 amide bonds. The molecule has 2 aromatic rings. The zero-order chi connectivity index (χ0) is 15.7. The first-order valence-corrected chi connectivity index (χ1v) is 7.60. The lowest BCUT2D eigenvalue weighted by Gasteiger charge is -2.27. The molecule has 0 bridgehead atoms. The van der Waals surface area contributed by atoms with Crippen molar-refractivity contribution >= 4 is 16.9 Å². The number of methoxy groups -OCH3 is 1. The van der Waals surface area contributed by atoms with Crippen molar-refractivity contribution < 1.29 is 19.1 Å². The van der Waals surface area contributed by atoms with E-state index in [9.17, 15) is 9.90 Å². The molecule has 1 aliphatic carbocycles. The van der Waals surface area contributed by atoms with Crippen LogP contribution in [0.1, 0.15) is 41.8 Å². The fourth-order valence-electron chi connectivity index (χ4n) is 3.27. The van der Waals surface area contributed by atoms with Gasteiger partial charge in [-0.2, -0.15) is 0 Å². The zero-order valence-corrected chi connectivity index (χ0v) is 12.9. The van der Waals surface area contributed by atoms with Crippen LogP contribution >= 0.6 is 0 Å². The number of fused-ring (bicyclic) bond motifs is 1. The minimum Gasteiger partial charge on any atom is -0.493 e. The van der Waals surface area contributed by atoms with Crippen molar-refractivity contribution in [1.82, 2.24) is 5.32 Å². The van der Waals surface area contributed by atoms with Gasteiger partial charge < -0.3 is 19.6 Å². The summed E-state index contributed by atoms with van der Waals surface area (Å²) < 4.78 is 11.0. The van der Waals surface area contributed by atoms with E-state index in [1.54, 1.807) is 13.2 Å². The lowest BCUT2D eigenvalue weighted by molar-refractivity contribution is 0.0812. The molecule has 1 aliphatic rings. The van der Waals surface area contributed by atoms with Gasteiger partial charge >= 0.3 is 0 Å². The maximum atomic E-state index is 12.6. The first-order chi connectivity index (χ1) is 10.6. The maximum absolute atomic E-state index is 12.6. The number of aliphatic hydroxyl groups is 1. The Morgan fingerprint density at radius 1 is 1.41 bits per heavy atom. The van der Waals surface area contributed by atoms with Crippen LogP contribution in [0.3, 0.4) is 0 Å². The van der Waals surface area contributed by atoms with E-state index in [1.165, 1.54) is 0 Å². The molecule has 1 fully saturated rings. The van der Waals surface area contributed by atoms with E-state index >= 15 is 0 Å². The number of nitrogens with one attached hydrogen (secondary N) is 1. The van der Waals surface area contributed by atoms with Gasteiger partial charge in [0.05, 0.1) is 19.3 Å². The third-order valence-electron chi connectivity index (χ3n) is 4.60. The summed E-state index contributed by atoms with van der Waals surface area (Å²) in [6.45, 7) is 1.82. The molecular formula is C17H21NO4. The van der Waals surface area contributed by atoms with Crippen LogP contribution in [-0.2, 0) is 0 Å². The highest BCUT2D eigenvalue weighted by Crippen LogP contribution is 2.34. The van der Waals surface area contributed by atoms with E-state index in [0.29, 0.717) is 17.1 Å². The molecule has 3 rings (SSSR count). The van der Waals surface area contributed by atoms with Gasteiger partial charge in [0.15, 0.2) is 17.1 Å². The largest absolute Gasteiger partial charge is 0.493 e. The summed E-state index contributed by atoms with van der Waals surface area (Å²) in [7, 11) is 1.58. The van der Waals surface area contributed by atoms with Crippen molar-refractivity contribution in [1.29, 1.82) is 0 Å². The Morgan fingerprint density at radius 3 is 2.77 bits per heavy atom. The Balaban J connectivity index is 1.96. The van der Waals surface area contributed by atoms with E-state index in [0.717, 1.165) is 36.6 Å². The fraction of sp³-hybridized carbons (Fsp3) is 0.471. The van der Waals surface area contributed by atoms with Crippen LogP contribution in [0.15, 0.2) is 22.6 Å². The molecular weight excluding hydrogens is 282 g/mol. The standard InChI is InChI=1S/C17H21NO4/c1-11-12-6-5-7-13(21-2)15(12)22-14(11)16(20)18-17(10-19)8-3-4-9-17/h5-7,19H,3-4,8-10H2,1-2H3,(H,18,20). The monoisotopic (exact) mass is 303 g/mol. The highest BCUT2D eigenvalue weighted by atomic mass is 16.5. The minimum absolute atomic E-state index is 0.0403. The van der Waals surface area contributed by atoms with Gasteiger partial charge in [-0.25, -0.2) is 0 Å². The average Bonchev–Trinajstić information content (AvgIpc) is 3.13. The lowest BCUT2D eigenvalue weighted by Crippen LogP contribution is -2.49. The molecule has 1 aromatic carbocycles. The predicted molar refractivity (Wildman–Crippen MR) is 83.3 cm³/mol. The maximum Gasteiger partial charge on any atom is 0.287 e. The Hall–Kier alpha value is -2.01. The third-order valence-corrected chi connectivity index (χ3v) is 4.60. The Labute approximate surface area is 129 Å². The van der Waals surface area contributed by atoms with Gasteiger partial charge in [-0.15, -0.1) is 0 Å². The number of carbonyl (C=O) groups is 1. The number of ether oxygens (including phenoxy) is 1. The number of carbonyl (C=O) groups excluding carboxylic acids is 1. The van der Waals surface area contributed by atoms with Crippen molar-refractivity contribution in [3.63, 3.8) is 0 Å². The van der Waals surface area contributed by atoms with Crippen LogP contribution in [0.2, 0.25) is 0 Å². The second-order valence-corrected chi connectivity index (χ2v) is 5.99. The molecule has 0 aliphatic heterocycles. The van der Waals surface area contributed by atoms with E-state index in [-0.39, 0.29) is 12.5 Å². The second kappa shape index (κ2) is 5.65. The number of amides is 1. The van der Waals surface area contributed by atoms with Crippen molar-refractivity contribution in [3.05, 3.63) is 29.5 Å². The third kappa shape index (κ3) is 2.35. The summed E-state index contributed by atoms with van der Waals surface area (Å²) in [6, 6.07) is 5.58. The highest BCUT2D eigenvalue weighted by molar-refractivity contribution is 6.00. The van der Waals surface area contributed by atoms with Crippen LogP contribution in [0.4, 0.5) is 0 Å².